The molecule has 1 aromatic carbocycles. The van der Waals surface area contributed by atoms with Crippen molar-refractivity contribution in [2.75, 3.05) is 33.4 Å². The Hall–Kier alpha value is -0.900. The van der Waals surface area contributed by atoms with E-state index in [0.29, 0.717) is 6.10 Å². The van der Waals surface area contributed by atoms with Crippen LogP contribution in [0.3, 0.4) is 0 Å². The number of hydrogen-bond donors (Lipinski definition) is 0. The number of hydrogen-bond acceptors (Lipinski definition) is 3. The summed E-state index contributed by atoms with van der Waals surface area (Å²) in [6.07, 6.45) is 0.297. The van der Waals surface area contributed by atoms with Gasteiger partial charge in [-0.05, 0) is 19.4 Å². The lowest BCUT2D eigenvalue weighted by molar-refractivity contribution is 0.0504. The summed E-state index contributed by atoms with van der Waals surface area (Å²) >= 11 is 0. The van der Waals surface area contributed by atoms with Crippen molar-refractivity contribution in [2.24, 2.45) is 0 Å². The number of ether oxygens (including phenoxy) is 2. The molecule has 0 amide bonds. The van der Waals surface area contributed by atoms with Gasteiger partial charge in [0.1, 0.15) is 0 Å². The molecule has 0 saturated carbocycles. The first-order valence-corrected chi connectivity index (χ1v) is 6.59. The highest BCUT2D eigenvalue weighted by molar-refractivity contribution is 5.14. The van der Waals surface area contributed by atoms with Gasteiger partial charge in [0.25, 0.3) is 0 Å². The van der Waals surface area contributed by atoms with Crippen LogP contribution in [0.1, 0.15) is 19.4 Å². The van der Waals surface area contributed by atoms with E-state index in [1.807, 2.05) is 6.07 Å². The molecule has 0 bridgehead atoms. The third kappa shape index (κ3) is 6.74. The summed E-state index contributed by atoms with van der Waals surface area (Å²) in [5.74, 6) is 0. The van der Waals surface area contributed by atoms with Crippen molar-refractivity contribution in [1.82, 2.24) is 4.90 Å². The number of methoxy groups -OCH3 is 1. The molecular weight excluding hydrogens is 226 g/mol. The third-order valence-corrected chi connectivity index (χ3v) is 2.72. The molecule has 0 saturated heterocycles. The van der Waals surface area contributed by atoms with Crippen molar-refractivity contribution in [1.29, 1.82) is 0 Å². The lowest BCUT2D eigenvalue weighted by atomic mass is 10.2. The molecule has 102 valence electrons. The summed E-state index contributed by atoms with van der Waals surface area (Å²) < 4.78 is 10.8. The van der Waals surface area contributed by atoms with Crippen molar-refractivity contribution in [3.63, 3.8) is 0 Å². The second-order valence-electron chi connectivity index (χ2n) is 4.67. The molecule has 0 N–H and O–H groups in total. The van der Waals surface area contributed by atoms with Gasteiger partial charge < -0.3 is 9.47 Å². The molecule has 18 heavy (non-hydrogen) atoms. The smallest absolute Gasteiger partial charge is 0.0597 e. The Morgan fingerprint density at radius 3 is 2.33 bits per heavy atom. The Balaban J connectivity index is 2.39. The molecule has 0 aliphatic rings. The highest BCUT2D eigenvalue weighted by Crippen LogP contribution is 2.04. The molecule has 3 heteroatoms. The molecule has 0 aromatic heterocycles. The molecule has 1 aromatic rings. The van der Waals surface area contributed by atoms with Gasteiger partial charge in [-0.3, -0.25) is 4.90 Å². The van der Waals surface area contributed by atoms with Gasteiger partial charge in [0.15, 0.2) is 0 Å². The summed E-state index contributed by atoms with van der Waals surface area (Å²) in [7, 11) is 1.74. The fourth-order valence-electron chi connectivity index (χ4n) is 1.75. The van der Waals surface area contributed by atoms with Crippen LogP contribution in [-0.2, 0) is 16.0 Å². The first-order valence-electron chi connectivity index (χ1n) is 6.59. The number of rotatable bonds is 9. The molecule has 0 aliphatic heterocycles. The van der Waals surface area contributed by atoms with Crippen LogP contribution in [0.15, 0.2) is 30.3 Å². The van der Waals surface area contributed by atoms with Gasteiger partial charge in [-0.15, -0.1) is 0 Å². The molecule has 3 nitrogen and oxygen atoms in total. The Kier molecular flexibility index (Phi) is 7.65. The van der Waals surface area contributed by atoms with Crippen molar-refractivity contribution in [3.8, 4) is 0 Å². The van der Waals surface area contributed by atoms with Crippen molar-refractivity contribution < 1.29 is 9.47 Å². The lowest BCUT2D eigenvalue weighted by Crippen LogP contribution is -2.31. The van der Waals surface area contributed by atoms with Crippen LogP contribution in [0, 0.1) is 0 Å². The summed E-state index contributed by atoms with van der Waals surface area (Å²) in [6, 6.07) is 10.5. The fourth-order valence-corrected chi connectivity index (χ4v) is 1.75. The SMILES string of the molecule is COCCN(CCOC(C)C)Cc1ccccc1. The molecule has 0 radical (unpaired) electrons. The van der Waals surface area contributed by atoms with Gasteiger partial charge in [0.05, 0.1) is 19.3 Å². The van der Waals surface area contributed by atoms with E-state index in [9.17, 15) is 0 Å². The van der Waals surface area contributed by atoms with Crippen molar-refractivity contribution >= 4 is 0 Å². The number of benzene rings is 1. The minimum Gasteiger partial charge on any atom is -0.383 e. The van der Waals surface area contributed by atoms with Gasteiger partial charge in [-0.2, -0.15) is 0 Å². The van der Waals surface area contributed by atoms with E-state index in [1.165, 1.54) is 5.56 Å². The molecule has 0 spiro atoms. The minimum atomic E-state index is 0.297. The van der Waals surface area contributed by atoms with Crippen LogP contribution < -0.4 is 0 Å². The zero-order valence-corrected chi connectivity index (χ0v) is 11.8. The minimum absolute atomic E-state index is 0.297. The fraction of sp³-hybridized carbons (Fsp3) is 0.600. The van der Waals surface area contributed by atoms with Crippen LogP contribution >= 0.6 is 0 Å². The maximum absolute atomic E-state index is 5.61. The second-order valence-corrected chi connectivity index (χ2v) is 4.67. The molecular formula is C15H25NO2. The lowest BCUT2D eigenvalue weighted by Gasteiger charge is -2.22. The monoisotopic (exact) mass is 251 g/mol. The van der Waals surface area contributed by atoms with Crippen LogP contribution in [-0.4, -0.2) is 44.4 Å². The standard InChI is InChI=1S/C15H25NO2/c1-14(2)18-12-10-16(9-11-17-3)13-15-7-5-4-6-8-15/h4-8,14H,9-13H2,1-3H3. The van der Waals surface area contributed by atoms with Crippen LogP contribution in [0.25, 0.3) is 0 Å². The molecule has 0 atom stereocenters. The van der Waals surface area contributed by atoms with Crippen LogP contribution in [0.4, 0.5) is 0 Å². The van der Waals surface area contributed by atoms with Crippen LogP contribution in [0.2, 0.25) is 0 Å². The van der Waals surface area contributed by atoms with E-state index < -0.39 is 0 Å². The molecule has 0 fully saturated rings. The Labute approximate surface area is 111 Å². The van der Waals surface area contributed by atoms with E-state index in [0.717, 1.165) is 32.8 Å². The summed E-state index contributed by atoms with van der Waals surface area (Å²) in [5, 5.41) is 0. The molecule has 0 aliphatic carbocycles. The van der Waals surface area contributed by atoms with Crippen LogP contribution in [0.5, 0.6) is 0 Å². The van der Waals surface area contributed by atoms with E-state index in [4.69, 9.17) is 9.47 Å². The molecule has 0 unspecified atom stereocenters. The number of nitrogens with zero attached hydrogens (tertiary/aromatic N) is 1. The van der Waals surface area contributed by atoms with Gasteiger partial charge in [-0.25, -0.2) is 0 Å². The second kappa shape index (κ2) is 9.09. The average Bonchev–Trinajstić information content (AvgIpc) is 2.36. The average molecular weight is 251 g/mol. The first kappa shape index (κ1) is 15.2. The normalized spacial score (nSPS) is 11.4. The van der Waals surface area contributed by atoms with Gasteiger partial charge in [0, 0.05) is 26.7 Å². The van der Waals surface area contributed by atoms with E-state index in [2.05, 4.69) is 43.0 Å². The topological polar surface area (TPSA) is 21.7 Å². The zero-order valence-electron chi connectivity index (χ0n) is 11.8. The summed E-state index contributed by atoms with van der Waals surface area (Å²) in [6.45, 7) is 8.49. The maximum atomic E-state index is 5.61. The Morgan fingerprint density at radius 1 is 1.06 bits per heavy atom. The van der Waals surface area contributed by atoms with Gasteiger partial charge >= 0.3 is 0 Å². The summed E-state index contributed by atoms with van der Waals surface area (Å²) in [4.78, 5) is 2.36. The largest absolute Gasteiger partial charge is 0.383 e. The maximum Gasteiger partial charge on any atom is 0.0597 e. The van der Waals surface area contributed by atoms with E-state index in [1.54, 1.807) is 7.11 Å². The van der Waals surface area contributed by atoms with Crippen molar-refractivity contribution in [2.45, 2.75) is 26.5 Å². The molecule has 0 heterocycles. The first-order chi connectivity index (χ1) is 8.72. The predicted octanol–water partition coefficient (Wildman–Crippen LogP) is 2.56. The predicted molar refractivity (Wildman–Crippen MR) is 74.7 cm³/mol. The Bertz CT molecular complexity index is 301. The Morgan fingerprint density at radius 2 is 1.72 bits per heavy atom. The third-order valence-electron chi connectivity index (χ3n) is 2.72. The van der Waals surface area contributed by atoms with E-state index in [-0.39, 0.29) is 0 Å². The zero-order chi connectivity index (χ0) is 13.2. The van der Waals surface area contributed by atoms with Gasteiger partial charge in [-0.1, -0.05) is 30.3 Å². The highest BCUT2D eigenvalue weighted by atomic mass is 16.5. The quantitative estimate of drug-likeness (QED) is 0.673. The van der Waals surface area contributed by atoms with E-state index >= 15 is 0 Å². The summed E-state index contributed by atoms with van der Waals surface area (Å²) in [5.41, 5.74) is 1.33. The molecule has 1 rings (SSSR count). The highest BCUT2D eigenvalue weighted by Gasteiger charge is 2.06. The van der Waals surface area contributed by atoms with Gasteiger partial charge in [0.2, 0.25) is 0 Å². The van der Waals surface area contributed by atoms with Crippen molar-refractivity contribution in [3.05, 3.63) is 35.9 Å².